The first kappa shape index (κ1) is 17.5. The summed E-state index contributed by atoms with van der Waals surface area (Å²) in [5, 5.41) is 2.52. The molecule has 1 saturated carbocycles. The summed E-state index contributed by atoms with van der Waals surface area (Å²) in [7, 11) is -1.70. The van der Waals surface area contributed by atoms with E-state index in [1.165, 1.54) is 41.8 Å². The van der Waals surface area contributed by atoms with Crippen molar-refractivity contribution in [2.24, 2.45) is 5.92 Å². The molecule has 5 heteroatoms. The molecule has 3 unspecified atom stereocenters. The monoisotopic (exact) mass is 374 g/mol. The molecule has 0 spiro atoms. The van der Waals surface area contributed by atoms with Gasteiger partial charge in [0, 0.05) is 16.5 Å². The number of imidazole rings is 1. The molecule has 136 valence electrons. The maximum atomic E-state index is 6.79. The highest BCUT2D eigenvalue weighted by Crippen LogP contribution is 2.50. The van der Waals surface area contributed by atoms with Crippen LogP contribution in [0.3, 0.4) is 0 Å². The van der Waals surface area contributed by atoms with Gasteiger partial charge in [0.25, 0.3) is 0 Å². The van der Waals surface area contributed by atoms with E-state index in [4.69, 9.17) is 4.43 Å². The summed E-state index contributed by atoms with van der Waals surface area (Å²) in [6.45, 7) is 11.8. The van der Waals surface area contributed by atoms with Gasteiger partial charge in [-0.15, -0.1) is 11.3 Å². The average Bonchev–Trinajstić information content (AvgIpc) is 3.18. The van der Waals surface area contributed by atoms with Gasteiger partial charge in [-0.05, 0) is 54.8 Å². The molecule has 3 nitrogen and oxygen atoms in total. The molecule has 0 bridgehead atoms. The third-order valence-corrected chi connectivity index (χ3v) is 12.1. The highest BCUT2D eigenvalue weighted by Gasteiger charge is 2.42. The molecule has 1 aliphatic carbocycles. The Labute approximate surface area is 156 Å². The Morgan fingerprint density at radius 2 is 2.08 bits per heavy atom. The number of thiophene rings is 1. The van der Waals surface area contributed by atoms with Gasteiger partial charge in [-0.25, -0.2) is 4.98 Å². The second kappa shape index (κ2) is 6.07. The highest BCUT2D eigenvalue weighted by atomic mass is 32.1. The lowest BCUT2D eigenvalue weighted by atomic mass is 9.82. The topological polar surface area (TPSA) is 27.1 Å². The van der Waals surface area contributed by atoms with E-state index in [0.717, 1.165) is 0 Å². The Morgan fingerprint density at radius 3 is 2.84 bits per heavy atom. The van der Waals surface area contributed by atoms with Crippen molar-refractivity contribution in [3.8, 4) is 11.3 Å². The van der Waals surface area contributed by atoms with E-state index in [0.29, 0.717) is 18.1 Å². The van der Waals surface area contributed by atoms with Gasteiger partial charge < -0.3 is 8.99 Å². The minimum Gasteiger partial charge on any atom is -0.414 e. The molecule has 0 N–H and O–H groups in total. The van der Waals surface area contributed by atoms with Crippen molar-refractivity contribution < 1.29 is 4.43 Å². The number of fused-ring (bicyclic) bond motifs is 3. The lowest BCUT2D eigenvalue weighted by Gasteiger charge is -2.42. The normalized spacial score (nSPS) is 26.5. The zero-order valence-corrected chi connectivity index (χ0v) is 17.9. The van der Waals surface area contributed by atoms with E-state index >= 15 is 0 Å². The van der Waals surface area contributed by atoms with E-state index in [9.17, 15) is 0 Å². The zero-order valence-electron chi connectivity index (χ0n) is 16.1. The zero-order chi connectivity index (χ0) is 17.8. The first-order chi connectivity index (χ1) is 11.8. The Kier molecular flexibility index (Phi) is 4.25. The third-order valence-electron chi connectivity index (χ3n) is 6.59. The summed E-state index contributed by atoms with van der Waals surface area (Å²) in [6, 6.07) is 2.73. The van der Waals surface area contributed by atoms with Crippen LogP contribution in [-0.2, 0) is 4.43 Å². The van der Waals surface area contributed by atoms with Crippen LogP contribution in [0, 0.1) is 5.92 Å². The fourth-order valence-corrected chi connectivity index (χ4v) is 6.73. The molecule has 2 aromatic heterocycles. The van der Waals surface area contributed by atoms with Crippen LogP contribution in [0.15, 0.2) is 24.0 Å². The van der Waals surface area contributed by atoms with Crippen LogP contribution in [-0.4, -0.2) is 24.0 Å². The van der Waals surface area contributed by atoms with Crippen LogP contribution in [0.25, 0.3) is 11.3 Å². The standard InChI is InChI=1S/C20H30N2OSSi/c1-20(2,3)25(4,5)23-15-8-6-7-14(11-15)18-19-16(9-10-24-19)17-12-21-13-22(17)18/h9-10,12-15,18H,6-8,11H2,1-5H3. The molecule has 2 aromatic rings. The number of nitrogens with zero attached hydrogens (tertiary/aromatic N) is 2. The number of rotatable bonds is 3. The van der Waals surface area contributed by atoms with Crippen LogP contribution in [0.1, 0.15) is 57.4 Å². The van der Waals surface area contributed by atoms with E-state index in [1.54, 1.807) is 0 Å². The van der Waals surface area contributed by atoms with Gasteiger partial charge in [-0.2, -0.15) is 0 Å². The summed E-state index contributed by atoms with van der Waals surface area (Å²) in [5.41, 5.74) is 2.70. The second-order valence-electron chi connectivity index (χ2n) is 9.26. The van der Waals surface area contributed by atoms with E-state index < -0.39 is 8.32 Å². The van der Waals surface area contributed by atoms with E-state index in [1.807, 2.05) is 23.9 Å². The van der Waals surface area contributed by atoms with Crippen LogP contribution < -0.4 is 0 Å². The van der Waals surface area contributed by atoms with E-state index in [2.05, 4.69) is 54.9 Å². The number of hydrogen-bond donors (Lipinski definition) is 0. The Bertz CT molecular complexity index is 718. The predicted octanol–water partition coefficient (Wildman–Crippen LogP) is 6.10. The van der Waals surface area contributed by atoms with Crippen LogP contribution in [0.5, 0.6) is 0 Å². The Balaban J connectivity index is 1.55. The lowest BCUT2D eigenvalue weighted by Crippen LogP contribution is -2.45. The Hall–Kier alpha value is -0.913. The van der Waals surface area contributed by atoms with Crippen molar-refractivity contribution in [3.63, 3.8) is 0 Å². The summed E-state index contributed by atoms with van der Waals surface area (Å²) in [4.78, 5) is 5.96. The second-order valence-corrected chi connectivity index (χ2v) is 15.0. The lowest BCUT2D eigenvalue weighted by molar-refractivity contribution is 0.0970. The smallest absolute Gasteiger partial charge is 0.192 e. The summed E-state index contributed by atoms with van der Waals surface area (Å²) >= 11 is 1.91. The van der Waals surface area contributed by atoms with Crippen molar-refractivity contribution in [2.45, 2.75) is 76.7 Å². The first-order valence-electron chi connectivity index (χ1n) is 9.55. The molecule has 2 aliphatic rings. The molecule has 4 rings (SSSR count). The van der Waals surface area contributed by atoms with Crippen molar-refractivity contribution >= 4 is 19.7 Å². The van der Waals surface area contributed by atoms with Crippen molar-refractivity contribution in [3.05, 3.63) is 28.8 Å². The van der Waals surface area contributed by atoms with Crippen molar-refractivity contribution in [1.29, 1.82) is 0 Å². The number of aromatic nitrogens is 2. The van der Waals surface area contributed by atoms with Gasteiger partial charge in [0.1, 0.15) is 0 Å². The van der Waals surface area contributed by atoms with Crippen LogP contribution in [0.2, 0.25) is 18.1 Å². The number of hydrogen-bond acceptors (Lipinski definition) is 3. The predicted molar refractivity (Wildman–Crippen MR) is 108 cm³/mol. The van der Waals surface area contributed by atoms with Gasteiger partial charge in [0.05, 0.1) is 24.3 Å². The van der Waals surface area contributed by atoms with Gasteiger partial charge in [0.15, 0.2) is 8.32 Å². The fourth-order valence-electron chi connectivity index (χ4n) is 4.23. The summed E-state index contributed by atoms with van der Waals surface area (Å²) in [5.74, 6) is 0.663. The molecular formula is C20H30N2OSSi. The van der Waals surface area contributed by atoms with Crippen LogP contribution >= 0.6 is 11.3 Å². The minimum atomic E-state index is -1.70. The summed E-state index contributed by atoms with van der Waals surface area (Å²) in [6.07, 6.45) is 9.48. The van der Waals surface area contributed by atoms with Gasteiger partial charge in [-0.3, -0.25) is 0 Å². The Morgan fingerprint density at radius 1 is 1.28 bits per heavy atom. The molecule has 0 saturated heterocycles. The molecular weight excluding hydrogens is 344 g/mol. The molecule has 1 aliphatic heterocycles. The van der Waals surface area contributed by atoms with E-state index in [-0.39, 0.29) is 5.04 Å². The fraction of sp³-hybridized carbons (Fsp3) is 0.650. The highest BCUT2D eigenvalue weighted by molar-refractivity contribution is 7.10. The average molecular weight is 375 g/mol. The van der Waals surface area contributed by atoms with Crippen molar-refractivity contribution in [2.75, 3.05) is 0 Å². The van der Waals surface area contributed by atoms with Gasteiger partial charge in [0.2, 0.25) is 0 Å². The quantitative estimate of drug-likeness (QED) is 0.607. The third kappa shape index (κ3) is 2.94. The maximum absolute atomic E-state index is 6.79. The van der Waals surface area contributed by atoms with Crippen LogP contribution in [0.4, 0.5) is 0 Å². The molecule has 1 fully saturated rings. The first-order valence-corrected chi connectivity index (χ1v) is 13.3. The maximum Gasteiger partial charge on any atom is 0.192 e. The largest absolute Gasteiger partial charge is 0.414 e. The molecule has 0 aromatic carbocycles. The molecule has 3 heterocycles. The summed E-state index contributed by atoms with van der Waals surface area (Å²) < 4.78 is 9.21. The molecule has 0 amide bonds. The minimum absolute atomic E-state index is 0.283. The van der Waals surface area contributed by atoms with Crippen molar-refractivity contribution in [1.82, 2.24) is 9.55 Å². The molecule has 3 atom stereocenters. The SMILES string of the molecule is CC(C)(C)[Si](C)(C)OC1CCCC(C2c3sccc3-c3cncn32)C1. The van der Waals surface area contributed by atoms with Gasteiger partial charge in [-0.1, -0.05) is 27.2 Å². The molecule has 0 radical (unpaired) electrons. The van der Waals surface area contributed by atoms with Gasteiger partial charge >= 0.3 is 0 Å². The molecule has 25 heavy (non-hydrogen) atoms.